The van der Waals surface area contributed by atoms with Crippen LogP contribution < -0.4 is 5.73 Å². The third kappa shape index (κ3) is 1.06. The van der Waals surface area contributed by atoms with E-state index in [1.807, 2.05) is 0 Å². The van der Waals surface area contributed by atoms with E-state index in [0.717, 1.165) is 5.92 Å². The topological polar surface area (TPSA) is 29.3 Å². The van der Waals surface area contributed by atoms with Crippen LogP contribution in [0.15, 0.2) is 0 Å². The fraction of sp³-hybridized carbons (Fsp3) is 1.00. The molecule has 2 nitrogen and oxygen atoms in total. The van der Waals surface area contributed by atoms with Crippen LogP contribution in [0.2, 0.25) is 0 Å². The van der Waals surface area contributed by atoms with E-state index < -0.39 is 0 Å². The standard InChI is InChI=1S/C8H16N2/c9-8-3-5-10-4-1-2-7(8)6-10/h7-8H,1-6,9H2/t7-,8+/m1/s1. The molecule has 0 radical (unpaired) electrons. The van der Waals surface area contributed by atoms with E-state index in [4.69, 9.17) is 5.73 Å². The Bertz CT molecular complexity index is 122. The molecular formula is C8H16N2. The highest BCUT2D eigenvalue weighted by Crippen LogP contribution is 2.24. The van der Waals surface area contributed by atoms with Crippen LogP contribution in [0.1, 0.15) is 19.3 Å². The summed E-state index contributed by atoms with van der Waals surface area (Å²) in [5.74, 6) is 0.822. The average Bonchev–Trinajstić information content (AvgIpc) is 1.99. The minimum atomic E-state index is 0.511. The minimum Gasteiger partial charge on any atom is -0.327 e. The summed E-state index contributed by atoms with van der Waals surface area (Å²) in [6.45, 7) is 3.85. The molecule has 58 valence electrons. The number of fused-ring (bicyclic) bond motifs is 2. The van der Waals surface area contributed by atoms with Crippen LogP contribution in [0.4, 0.5) is 0 Å². The molecular weight excluding hydrogens is 124 g/mol. The molecule has 2 aliphatic heterocycles. The van der Waals surface area contributed by atoms with Crippen molar-refractivity contribution in [2.75, 3.05) is 19.6 Å². The monoisotopic (exact) mass is 140 g/mol. The zero-order valence-corrected chi connectivity index (χ0v) is 6.42. The van der Waals surface area contributed by atoms with Crippen molar-refractivity contribution in [2.45, 2.75) is 25.3 Å². The zero-order chi connectivity index (χ0) is 6.97. The van der Waals surface area contributed by atoms with E-state index in [1.54, 1.807) is 0 Å². The van der Waals surface area contributed by atoms with Gasteiger partial charge in [0.2, 0.25) is 0 Å². The summed E-state index contributed by atoms with van der Waals surface area (Å²) in [6, 6.07) is 0.511. The molecule has 0 aromatic heterocycles. The lowest BCUT2D eigenvalue weighted by atomic mass is 9.86. The predicted octanol–water partition coefficient (Wildman–Crippen LogP) is 0.429. The van der Waals surface area contributed by atoms with Gasteiger partial charge >= 0.3 is 0 Å². The van der Waals surface area contributed by atoms with Gasteiger partial charge < -0.3 is 10.6 Å². The van der Waals surface area contributed by atoms with Gasteiger partial charge in [-0.15, -0.1) is 0 Å². The van der Waals surface area contributed by atoms with E-state index in [0.29, 0.717) is 6.04 Å². The molecule has 3 atom stereocenters. The van der Waals surface area contributed by atoms with E-state index in [-0.39, 0.29) is 0 Å². The molecule has 2 rings (SSSR count). The van der Waals surface area contributed by atoms with Crippen molar-refractivity contribution < 1.29 is 0 Å². The molecule has 0 spiro atoms. The van der Waals surface area contributed by atoms with E-state index in [9.17, 15) is 0 Å². The molecule has 2 aliphatic rings. The highest BCUT2D eigenvalue weighted by atomic mass is 15.1. The third-order valence-corrected chi connectivity index (χ3v) is 2.93. The maximum Gasteiger partial charge on any atom is 0.00915 e. The molecule has 2 heteroatoms. The first-order chi connectivity index (χ1) is 4.86. The van der Waals surface area contributed by atoms with Gasteiger partial charge in [0.25, 0.3) is 0 Å². The summed E-state index contributed by atoms with van der Waals surface area (Å²) in [6.07, 6.45) is 3.97. The van der Waals surface area contributed by atoms with Crippen molar-refractivity contribution in [1.29, 1.82) is 0 Å². The summed E-state index contributed by atoms with van der Waals surface area (Å²) in [5, 5.41) is 0. The summed E-state index contributed by atoms with van der Waals surface area (Å²) in [4.78, 5) is 2.55. The van der Waals surface area contributed by atoms with Gasteiger partial charge in [0.1, 0.15) is 0 Å². The highest BCUT2D eigenvalue weighted by molar-refractivity contribution is 4.86. The number of piperidine rings is 2. The van der Waals surface area contributed by atoms with Crippen LogP contribution in [-0.4, -0.2) is 30.6 Å². The molecule has 2 heterocycles. The summed E-state index contributed by atoms with van der Waals surface area (Å²) >= 11 is 0. The largest absolute Gasteiger partial charge is 0.327 e. The molecule has 2 N–H and O–H groups in total. The third-order valence-electron chi connectivity index (χ3n) is 2.93. The second kappa shape index (κ2) is 2.51. The maximum absolute atomic E-state index is 5.96. The van der Waals surface area contributed by atoms with Crippen molar-refractivity contribution in [3.63, 3.8) is 0 Å². The Morgan fingerprint density at radius 2 is 2.10 bits per heavy atom. The van der Waals surface area contributed by atoms with Gasteiger partial charge in [-0.1, -0.05) is 0 Å². The smallest absolute Gasteiger partial charge is 0.00915 e. The number of nitrogens with two attached hydrogens (primary N) is 1. The Labute approximate surface area is 62.4 Å². The van der Waals surface area contributed by atoms with Crippen molar-refractivity contribution in [3.05, 3.63) is 0 Å². The van der Waals surface area contributed by atoms with Crippen molar-refractivity contribution in [1.82, 2.24) is 4.90 Å². The maximum atomic E-state index is 5.96. The minimum absolute atomic E-state index is 0.511. The Hall–Kier alpha value is -0.0800. The van der Waals surface area contributed by atoms with Gasteiger partial charge in [-0.3, -0.25) is 0 Å². The van der Waals surface area contributed by atoms with Crippen molar-refractivity contribution in [3.8, 4) is 0 Å². The van der Waals surface area contributed by atoms with Crippen LogP contribution in [0.3, 0.4) is 0 Å². The summed E-state index contributed by atoms with van der Waals surface area (Å²) in [7, 11) is 0. The van der Waals surface area contributed by atoms with Crippen molar-refractivity contribution in [2.24, 2.45) is 11.7 Å². The van der Waals surface area contributed by atoms with E-state index >= 15 is 0 Å². The molecule has 0 aliphatic carbocycles. The molecule has 0 amide bonds. The lowest BCUT2D eigenvalue weighted by molar-refractivity contribution is 0.107. The molecule has 0 aromatic rings. The SMILES string of the molecule is N[C@H]1CCN2CCC[C@@H]1C2. The number of nitrogens with zero attached hydrogens (tertiary/aromatic N) is 1. The quantitative estimate of drug-likeness (QED) is 0.528. The van der Waals surface area contributed by atoms with Crippen LogP contribution in [0, 0.1) is 5.92 Å². The number of rotatable bonds is 0. The number of hydrogen-bond acceptors (Lipinski definition) is 2. The van der Waals surface area contributed by atoms with Gasteiger partial charge in [0.15, 0.2) is 0 Å². The van der Waals surface area contributed by atoms with Crippen LogP contribution in [0.25, 0.3) is 0 Å². The molecule has 2 bridgehead atoms. The second-order valence-corrected chi connectivity index (χ2v) is 3.66. The second-order valence-electron chi connectivity index (χ2n) is 3.66. The normalized spacial score (nSPS) is 47.1. The van der Waals surface area contributed by atoms with Gasteiger partial charge in [-0.05, 0) is 38.3 Å². The van der Waals surface area contributed by atoms with Crippen LogP contribution in [0.5, 0.6) is 0 Å². The Morgan fingerprint density at radius 3 is 2.90 bits per heavy atom. The Kier molecular flexibility index (Phi) is 1.66. The van der Waals surface area contributed by atoms with Gasteiger partial charge in [0, 0.05) is 12.6 Å². The highest BCUT2D eigenvalue weighted by Gasteiger charge is 2.29. The van der Waals surface area contributed by atoms with Crippen LogP contribution in [-0.2, 0) is 0 Å². The molecule has 0 saturated carbocycles. The Balaban J connectivity index is 2.00. The first kappa shape index (κ1) is 6.62. The fourth-order valence-electron chi connectivity index (χ4n) is 2.21. The molecule has 2 saturated heterocycles. The molecule has 0 aromatic carbocycles. The number of hydrogen-bond donors (Lipinski definition) is 1. The summed E-state index contributed by atoms with van der Waals surface area (Å²) < 4.78 is 0. The van der Waals surface area contributed by atoms with Crippen molar-refractivity contribution >= 4 is 0 Å². The van der Waals surface area contributed by atoms with Crippen LogP contribution >= 0.6 is 0 Å². The van der Waals surface area contributed by atoms with Gasteiger partial charge in [-0.25, -0.2) is 0 Å². The average molecular weight is 140 g/mol. The Morgan fingerprint density at radius 1 is 1.20 bits per heavy atom. The first-order valence-electron chi connectivity index (χ1n) is 4.34. The fourth-order valence-corrected chi connectivity index (χ4v) is 2.21. The molecule has 1 unspecified atom stereocenters. The predicted molar refractivity (Wildman–Crippen MR) is 41.8 cm³/mol. The summed E-state index contributed by atoms with van der Waals surface area (Å²) in [5.41, 5.74) is 5.96. The van der Waals surface area contributed by atoms with E-state index in [1.165, 1.54) is 38.9 Å². The lowest BCUT2D eigenvalue weighted by Crippen LogP contribution is -2.50. The zero-order valence-electron chi connectivity index (χ0n) is 6.42. The first-order valence-corrected chi connectivity index (χ1v) is 4.34. The van der Waals surface area contributed by atoms with E-state index in [2.05, 4.69) is 4.90 Å². The molecule has 10 heavy (non-hydrogen) atoms. The van der Waals surface area contributed by atoms with Gasteiger partial charge in [0.05, 0.1) is 0 Å². The molecule has 2 fully saturated rings. The lowest BCUT2D eigenvalue weighted by Gasteiger charge is -2.41. The van der Waals surface area contributed by atoms with Gasteiger partial charge in [-0.2, -0.15) is 0 Å².